The summed E-state index contributed by atoms with van der Waals surface area (Å²) >= 11 is 0. The molecule has 0 N–H and O–H groups in total. The Morgan fingerprint density at radius 1 is 0.769 bits per heavy atom. The molecule has 0 unspecified atom stereocenters. The normalized spacial score (nSPS) is 10.0. The summed E-state index contributed by atoms with van der Waals surface area (Å²) in [6, 6.07) is 26.7. The average Bonchev–Trinajstić information content (AvgIpc) is 3.02. The molecule has 0 aliphatic carbocycles. The van der Waals surface area contributed by atoms with Crippen molar-refractivity contribution >= 4 is 21.5 Å². The number of benzene rings is 3. The standard InChI is InChI=1S/C23H21.2ClH.Hf/c1-2-3-8-17-15-19-11-7-14-22(23(19)16-17)21-13-6-10-18-9-4-5-12-20(18)21;;;/h4-7,9-16H,2-3,8H2,1H3;2*1H;/q-1;;;/p-2. The van der Waals surface area contributed by atoms with Gasteiger partial charge < -0.3 is 24.8 Å². The molecule has 0 aromatic heterocycles. The molecule has 4 aromatic rings. The van der Waals surface area contributed by atoms with E-state index in [0.717, 1.165) is 0 Å². The molecule has 0 spiro atoms. The van der Waals surface area contributed by atoms with Crippen molar-refractivity contribution in [3.63, 3.8) is 0 Å². The maximum atomic E-state index is 2.39. The molecule has 0 bridgehead atoms. The molecule has 0 atom stereocenters. The summed E-state index contributed by atoms with van der Waals surface area (Å²) in [6.07, 6.45) is 3.69. The monoisotopic (exact) mass is 547 g/mol. The van der Waals surface area contributed by atoms with Crippen LogP contribution in [0.5, 0.6) is 0 Å². The fraction of sp³-hybridized carbons (Fsp3) is 0.174. The van der Waals surface area contributed by atoms with Crippen LogP contribution in [0.3, 0.4) is 0 Å². The van der Waals surface area contributed by atoms with Gasteiger partial charge in [0.1, 0.15) is 0 Å². The minimum Gasteiger partial charge on any atom is -1.00 e. The van der Waals surface area contributed by atoms with E-state index in [-0.39, 0.29) is 50.7 Å². The Balaban J connectivity index is 0.00000113. The van der Waals surface area contributed by atoms with Gasteiger partial charge in [-0.25, -0.2) is 0 Å². The molecule has 0 radical (unpaired) electrons. The summed E-state index contributed by atoms with van der Waals surface area (Å²) in [6.45, 7) is 2.25. The molecule has 0 saturated heterocycles. The Kier molecular flexibility index (Phi) is 9.16. The number of aryl methyl sites for hydroxylation is 1. The predicted molar refractivity (Wildman–Crippen MR) is 101 cm³/mol. The Labute approximate surface area is 187 Å². The zero-order valence-electron chi connectivity index (χ0n) is 14.8. The molecule has 4 aromatic carbocycles. The largest absolute Gasteiger partial charge is 1.00 e. The zero-order chi connectivity index (χ0) is 15.6. The molecule has 0 amide bonds. The van der Waals surface area contributed by atoms with Gasteiger partial charge in [0, 0.05) is 25.8 Å². The van der Waals surface area contributed by atoms with Crippen LogP contribution < -0.4 is 24.8 Å². The van der Waals surface area contributed by atoms with Gasteiger partial charge in [0.25, 0.3) is 0 Å². The summed E-state index contributed by atoms with van der Waals surface area (Å²) in [7, 11) is 0. The van der Waals surface area contributed by atoms with Crippen LogP contribution in [-0.4, -0.2) is 0 Å². The van der Waals surface area contributed by atoms with E-state index in [4.69, 9.17) is 0 Å². The first-order valence-electron chi connectivity index (χ1n) is 8.53. The van der Waals surface area contributed by atoms with Crippen molar-refractivity contribution in [1.82, 2.24) is 0 Å². The van der Waals surface area contributed by atoms with Crippen LogP contribution in [0.4, 0.5) is 0 Å². The van der Waals surface area contributed by atoms with Crippen molar-refractivity contribution in [2.24, 2.45) is 0 Å². The van der Waals surface area contributed by atoms with E-state index >= 15 is 0 Å². The van der Waals surface area contributed by atoms with Gasteiger partial charge in [-0.15, -0.1) is 34.5 Å². The third-order valence-electron chi connectivity index (χ3n) is 4.71. The maximum absolute atomic E-state index is 2.39. The molecule has 26 heavy (non-hydrogen) atoms. The number of unbranched alkanes of at least 4 members (excludes halogenated alkanes) is 1. The van der Waals surface area contributed by atoms with E-state index in [1.807, 2.05) is 0 Å². The van der Waals surface area contributed by atoms with E-state index in [2.05, 4.69) is 79.7 Å². The van der Waals surface area contributed by atoms with E-state index in [1.54, 1.807) is 0 Å². The maximum Gasteiger partial charge on any atom is 0 e. The number of fused-ring (bicyclic) bond motifs is 2. The van der Waals surface area contributed by atoms with Crippen molar-refractivity contribution in [2.75, 3.05) is 0 Å². The summed E-state index contributed by atoms with van der Waals surface area (Å²) in [5, 5.41) is 5.38. The fourth-order valence-corrected chi connectivity index (χ4v) is 3.52. The average molecular weight is 547 g/mol. The first-order chi connectivity index (χ1) is 11.4. The van der Waals surface area contributed by atoms with Crippen molar-refractivity contribution in [1.29, 1.82) is 0 Å². The molecule has 0 nitrogen and oxygen atoms in total. The second-order valence-electron chi connectivity index (χ2n) is 6.30. The Morgan fingerprint density at radius 3 is 2.19 bits per heavy atom. The zero-order valence-corrected chi connectivity index (χ0v) is 19.9. The molecular weight excluding hydrogens is 526 g/mol. The molecule has 4 rings (SSSR count). The first kappa shape index (κ1) is 23.0. The van der Waals surface area contributed by atoms with Gasteiger partial charge in [0.05, 0.1) is 0 Å². The molecule has 134 valence electrons. The molecule has 0 heterocycles. The van der Waals surface area contributed by atoms with Gasteiger partial charge in [-0.2, -0.15) is 6.07 Å². The van der Waals surface area contributed by atoms with Crippen LogP contribution in [0, 0.1) is 0 Å². The minimum absolute atomic E-state index is 0. The van der Waals surface area contributed by atoms with Crippen LogP contribution in [-0.2, 0) is 32.3 Å². The van der Waals surface area contributed by atoms with Gasteiger partial charge in [-0.3, -0.25) is 0 Å². The van der Waals surface area contributed by atoms with Crippen molar-refractivity contribution in [2.45, 2.75) is 26.2 Å². The van der Waals surface area contributed by atoms with Crippen LogP contribution >= 0.6 is 0 Å². The molecule has 0 aliphatic rings. The third-order valence-corrected chi connectivity index (χ3v) is 4.71. The first-order valence-corrected chi connectivity index (χ1v) is 8.53. The number of hydrogen-bond donors (Lipinski definition) is 0. The predicted octanol–water partition coefficient (Wildman–Crippen LogP) is 0.727. The SMILES string of the molecule is CCCCc1cc2c(-c3cccc4ccccc34)cccc2[cH-]1.[Cl-].[Cl-].[Hf]. The van der Waals surface area contributed by atoms with E-state index < -0.39 is 0 Å². The molecule has 0 fully saturated rings. The van der Waals surface area contributed by atoms with Crippen LogP contribution in [0.2, 0.25) is 0 Å². The topological polar surface area (TPSA) is 0 Å². The van der Waals surface area contributed by atoms with Crippen molar-refractivity contribution < 1.29 is 50.7 Å². The number of halogens is 2. The quantitative estimate of drug-likeness (QED) is 0.262. The number of rotatable bonds is 4. The third kappa shape index (κ3) is 4.44. The van der Waals surface area contributed by atoms with Gasteiger partial charge >= 0.3 is 0 Å². The van der Waals surface area contributed by atoms with Gasteiger partial charge in [0.15, 0.2) is 0 Å². The van der Waals surface area contributed by atoms with E-state index in [0.29, 0.717) is 0 Å². The summed E-state index contributed by atoms with van der Waals surface area (Å²) in [5.41, 5.74) is 4.15. The van der Waals surface area contributed by atoms with Gasteiger partial charge in [-0.05, 0) is 22.8 Å². The van der Waals surface area contributed by atoms with Crippen LogP contribution in [0.25, 0.3) is 32.7 Å². The summed E-state index contributed by atoms with van der Waals surface area (Å²) in [4.78, 5) is 0. The van der Waals surface area contributed by atoms with E-state index in [1.165, 1.54) is 57.5 Å². The molecular formula is C23H21Cl2Hf-3. The van der Waals surface area contributed by atoms with Gasteiger partial charge in [0.2, 0.25) is 0 Å². The van der Waals surface area contributed by atoms with Gasteiger partial charge in [-0.1, -0.05) is 73.9 Å². The van der Waals surface area contributed by atoms with Crippen molar-refractivity contribution in [3.05, 3.63) is 78.4 Å². The second-order valence-corrected chi connectivity index (χ2v) is 6.30. The van der Waals surface area contributed by atoms with Crippen LogP contribution in [0.1, 0.15) is 25.3 Å². The fourth-order valence-electron chi connectivity index (χ4n) is 3.52. The Morgan fingerprint density at radius 2 is 1.42 bits per heavy atom. The Bertz CT molecular complexity index is 967. The summed E-state index contributed by atoms with van der Waals surface area (Å²) < 4.78 is 0. The van der Waals surface area contributed by atoms with Crippen molar-refractivity contribution in [3.8, 4) is 11.1 Å². The smallest absolute Gasteiger partial charge is 0 e. The summed E-state index contributed by atoms with van der Waals surface area (Å²) in [5.74, 6) is 0. The Hall–Kier alpha value is -1.02. The second kappa shape index (κ2) is 10.3. The van der Waals surface area contributed by atoms with Crippen LogP contribution in [0.15, 0.2) is 72.8 Å². The number of hydrogen-bond acceptors (Lipinski definition) is 0. The minimum atomic E-state index is 0. The van der Waals surface area contributed by atoms with E-state index in [9.17, 15) is 0 Å². The molecule has 3 heteroatoms. The molecule has 0 saturated carbocycles. The molecule has 0 aliphatic heterocycles.